The molecule has 1 fully saturated rings. The molecule has 1 aromatic rings. The molecule has 1 unspecified atom stereocenters. The lowest BCUT2D eigenvalue weighted by atomic mass is 10.1. The topological polar surface area (TPSA) is 57.6 Å². The summed E-state index contributed by atoms with van der Waals surface area (Å²) in [7, 11) is 0. The molecule has 1 amide bonds. The van der Waals surface area contributed by atoms with Crippen LogP contribution in [0.2, 0.25) is 0 Å². The maximum atomic E-state index is 12.2. The predicted octanol–water partition coefficient (Wildman–Crippen LogP) is 3.79. The van der Waals surface area contributed by atoms with Crippen molar-refractivity contribution in [1.82, 2.24) is 4.90 Å². The van der Waals surface area contributed by atoms with Crippen molar-refractivity contribution in [2.75, 3.05) is 12.3 Å². The minimum absolute atomic E-state index is 0.0688. The van der Waals surface area contributed by atoms with E-state index in [1.54, 1.807) is 16.7 Å². The fraction of sp³-hybridized carbons (Fsp3) is 0.500. The first-order valence-electron chi connectivity index (χ1n) is 7.46. The summed E-state index contributed by atoms with van der Waals surface area (Å²) in [4.78, 5) is 26.0. The molecule has 4 nitrogen and oxygen atoms in total. The van der Waals surface area contributed by atoms with Crippen molar-refractivity contribution in [3.63, 3.8) is 0 Å². The van der Waals surface area contributed by atoms with Gasteiger partial charge in [0.25, 0.3) is 0 Å². The highest BCUT2D eigenvalue weighted by atomic mass is 79.9. The number of halogens is 1. The van der Waals surface area contributed by atoms with Crippen molar-refractivity contribution < 1.29 is 14.7 Å². The van der Waals surface area contributed by atoms with Crippen LogP contribution in [0.4, 0.5) is 0 Å². The SMILES string of the molecule is O=C(O)CC1CCCN1C(=O)CCCSc1ccc(Br)cc1. The van der Waals surface area contributed by atoms with Gasteiger partial charge in [-0.1, -0.05) is 15.9 Å². The molecule has 1 atom stereocenters. The number of aliphatic carboxylic acids is 1. The summed E-state index contributed by atoms with van der Waals surface area (Å²) in [5.41, 5.74) is 0. The number of hydrogen-bond donors (Lipinski definition) is 1. The van der Waals surface area contributed by atoms with E-state index in [2.05, 4.69) is 28.1 Å². The molecular formula is C16H20BrNO3S. The smallest absolute Gasteiger partial charge is 0.305 e. The molecule has 0 aromatic heterocycles. The zero-order valence-corrected chi connectivity index (χ0v) is 14.7. The van der Waals surface area contributed by atoms with Gasteiger partial charge in [0.1, 0.15) is 0 Å². The van der Waals surface area contributed by atoms with E-state index in [-0.39, 0.29) is 18.4 Å². The lowest BCUT2D eigenvalue weighted by molar-refractivity contribution is -0.139. The monoisotopic (exact) mass is 385 g/mol. The number of carboxylic acids is 1. The second-order valence-electron chi connectivity index (χ2n) is 5.39. The Hall–Kier alpha value is -1.01. The number of hydrogen-bond acceptors (Lipinski definition) is 3. The summed E-state index contributed by atoms with van der Waals surface area (Å²) in [5, 5.41) is 8.89. The molecule has 0 radical (unpaired) electrons. The Morgan fingerprint density at radius 2 is 2.05 bits per heavy atom. The van der Waals surface area contributed by atoms with Gasteiger partial charge in [-0.05, 0) is 49.3 Å². The number of amides is 1. The van der Waals surface area contributed by atoms with Crippen molar-refractivity contribution in [2.24, 2.45) is 0 Å². The molecule has 0 bridgehead atoms. The molecule has 1 heterocycles. The Morgan fingerprint density at radius 1 is 1.32 bits per heavy atom. The number of carboxylic acid groups (broad SMARTS) is 1. The molecule has 0 spiro atoms. The average molecular weight is 386 g/mol. The van der Waals surface area contributed by atoms with Crippen molar-refractivity contribution in [2.45, 2.75) is 43.0 Å². The standard InChI is InChI=1S/C16H20BrNO3S/c17-12-5-7-14(8-6-12)22-10-2-4-15(19)18-9-1-3-13(18)11-16(20)21/h5-8,13H,1-4,9-11H2,(H,20,21). The van der Waals surface area contributed by atoms with Gasteiger partial charge in [0.15, 0.2) is 0 Å². The molecule has 1 N–H and O–H groups in total. The second-order valence-corrected chi connectivity index (χ2v) is 7.47. The van der Waals surface area contributed by atoms with Crippen LogP contribution in [0.3, 0.4) is 0 Å². The van der Waals surface area contributed by atoms with Crippen LogP contribution < -0.4 is 0 Å². The van der Waals surface area contributed by atoms with Crippen molar-refractivity contribution in [3.05, 3.63) is 28.7 Å². The van der Waals surface area contributed by atoms with Crippen LogP contribution in [-0.4, -0.2) is 40.2 Å². The molecule has 0 saturated carbocycles. The molecular weight excluding hydrogens is 366 g/mol. The predicted molar refractivity (Wildman–Crippen MR) is 91.1 cm³/mol. The summed E-state index contributed by atoms with van der Waals surface area (Å²) >= 11 is 5.14. The van der Waals surface area contributed by atoms with E-state index in [9.17, 15) is 9.59 Å². The van der Waals surface area contributed by atoms with Gasteiger partial charge in [-0.2, -0.15) is 0 Å². The molecule has 120 valence electrons. The third kappa shape index (κ3) is 5.32. The largest absolute Gasteiger partial charge is 0.481 e. The Labute approximate surface area is 143 Å². The second kappa shape index (κ2) is 8.58. The van der Waals surface area contributed by atoms with E-state index < -0.39 is 5.97 Å². The van der Waals surface area contributed by atoms with Crippen LogP contribution in [0, 0.1) is 0 Å². The number of thioether (sulfide) groups is 1. The number of rotatable bonds is 7. The van der Waals surface area contributed by atoms with Crippen LogP contribution in [-0.2, 0) is 9.59 Å². The number of carbonyl (C=O) groups excluding carboxylic acids is 1. The van der Waals surface area contributed by atoms with E-state index >= 15 is 0 Å². The highest BCUT2D eigenvalue weighted by molar-refractivity contribution is 9.10. The van der Waals surface area contributed by atoms with Gasteiger partial charge < -0.3 is 10.0 Å². The number of likely N-dealkylation sites (tertiary alicyclic amines) is 1. The molecule has 6 heteroatoms. The summed E-state index contributed by atoms with van der Waals surface area (Å²) in [6.45, 7) is 0.705. The highest BCUT2D eigenvalue weighted by Gasteiger charge is 2.29. The molecule has 1 aromatic carbocycles. The lowest BCUT2D eigenvalue weighted by Gasteiger charge is -2.23. The third-order valence-corrected chi connectivity index (χ3v) is 5.35. The van der Waals surface area contributed by atoms with Crippen molar-refractivity contribution >= 4 is 39.6 Å². The first-order valence-corrected chi connectivity index (χ1v) is 9.24. The quantitative estimate of drug-likeness (QED) is 0.572. The normalized spacial score (nSPS) is 17.7. The van der Waals surface area contributed by atoms with Gasteiger partial charge in [0, 0.05) is 28.4 Å². The lowest BCUT2D eigenvalue weighted by Crippen LogP contribution is -2.36. The van der Waals surface area contributed by atoms with E-state index in [4.69, 9.17) is 5.11 Å². The fourth-order valence-electron chi connectivity index (χ4n) is 2.67. The third-order valence-electron chi connectivity index (χ3n) is 3.73. The van der Waals surface area contributed by atoms with Crippen molar-refractivity contribution in [1.29, 1.82) is 0 Å². The minimum Gasteiger partial charge on any atom is -0.481 e. The van der Waals surface area contributed by atoms with Gasteiger partial charge in [-0.3, -0.25) is 9.59 Å². The fourth-order valence-corrected chi connectivity index (χ4v) is 3.78. The summed E-state index contributed by atoms with van der Waals surface area (Å²) in [6, 6.07) is 8.02. The van der Waals surface area contributed by atoms with Crippen LogP contribution in [0.25, 0.3) is 0 Å². The number of nitrogens with zero attached hydrogens (tertiary/aromatic N) is 1. The highest BCUT2D eigenvalue weighted by Crippen LogP contribution is 2.24. The number of benzene rings is 1. The summed E-state index contributed by atoms with van der Waals surface area (Å²) < 4.78 is 1.06. The molecule has 1 aliphatic heterocycles. The minimum atomic E-state index is -0.824. The van der Waals surface area contributed by atoms with Gasteiger partial charge in [-0.15, -0.1) is 11.8 Å². The maximum absolute atomic E-state index is 12.2. The Morgan fingerprint density at radius 3 is 2.73 bits per heavy atom. The first-order chi connectivity index (χ1) is 10.6. The Kier molecular flexibility index (Phi) is 6.76. The summed E-state index contributed by atoms with van der Waals surface area (Å²) in [5.74, 6) is 0.167. The average Bonchev–Trinajstić information content (AvgIpc) is 2.92. The molecule has 22 heavy (non-hydrogen) atoms. The van der Waals surface area contributed by atoms with Gasteiger partial charge in [0.05, 0.1) is 6.42 Å². The van der Waals surface area contributed by atoms with E-state index in [0.717, 1.165) is 29.5 Å². The van der Waals surface area contributed by atoms with Crippen LogP contribution in [0.5, 0.6) is 0 Å². The Balaban J connectivity index is 1.71. The van der Waals surface area contributed by atoms with Crippen molar-refractivity contribution in [3.8, 4) is 0 Å². The van der Waals surface area contributed by atoms with Gasteiger partial charge >= 0.3 is 5.97 Å². The molecule has 1 saturated heterocycles. The summed E-state index contributed by atoms with van der Waals surface area (Å²) in [6.07, 6.45) is 3.11. The molecule has 1 aliphatic rings. The van der Waals surface area contributed by atoms with Gasteiger partial charge in [0.2, 0.25) is 5.91 Å². The zero-order chi connectivity index (χ0) is 15.9. The zero-order valence-electron chi connectivity index (χ0n) is 12.3. The van der Waals surface area contributed by atoms with Gasteiger partial charge in [-0.25, -0.2) is 0 Å². The van der Waals surface area contributed by atoms with E-state index in [1.165, 1.54) is 4.90 Å². The number of carbonyl (C=O) groups is 2. The van der Waals surface area contributed by atoms with Crippen LogP contribution in [0.1, 0.15) is 32.1 Å². The Bertz CT molecular complexity index is 521. The van der Waals surface area contributed by atoms with E-state index in [1.807, 2.05) is 12.1 Å². The first kappa shape index (κ1) is 17.3. The van der Waals surface area contributed by atoms with Crippen LogP contribution in [0.15, 0.2) is 33.6 Å². The van der Waals surface area contributed by atoms with E-state index in [0.29, 0.717) is 13.0 Å². The maximum Gasteiger partial charge on any atom is 0.305 e. The van der Waals surface area contributed by atoms with Crippen LogP contribution >= 0.6 is 27.7 Å². The molecule has 0 aliphatic carbocycles. The molecule has 2 rings (SSSR count).